The first-order chi connectivity index (χ1) is 10.0. The number of nitrogens with two attached hydrogens (primary N) is 1. The second kappa shape index (κ2) is 6.55. The normalized spacial score (nSPS) is 11.5. The highest BCUT2D eigenvalue weighted by molar-refractivity contribution is 7.89. The number of hydrogen-bond acceptors (Lipinski definition) is 6. The highest BCUT2D eigenvalue weighted by atomic mass is 32.2. The van der Waals surface area contributed by atoms with E-state index in [1.54, 1.807) is 0 Å². The average Bonchev–Trinajstić information content (AvgIpc) is 2.97. The number of ether oxygens (including phenoxy) is 1. The minimum Gasteiger partial charge on any atom is -0.495 e. The highest BCUT2D eigenvalue weighted by Crippen LogP contribution is 2.24. The van der Waals surface area contributed by atoms with Crippen molar-refractivity contribution in [2.75, 3.05) is 19.4 Å². The highest BCUT2D eigenvalue weighted by Gasteiger charge is 2.15. The molecule has 0 radical (unpaired) electrons. The molecular formula is C12H17N5O3S. The quantitative estimate of drug-likeness (QED) is 0.499. The largest absolute Gasteiger partial charge is 0.495 e. The molecule has 1 aromatic carbocycles. The van der Waals surface area contributed by atoms with Crippen LogP contribution in [-0.2, 0) is 16.4 Å². The molecule has 1 aromatic heterocycles. The molecule has 9 heteroatoms. The van der Waals surface area contributed by atoms with Gasteiger partial charge in [0.15, 0.2) is 0 Å². The van der Waals surface area contributed by atoms with Gasteiger partial charge in [-0.3, -0.25) is 5.10 Å². The molecule has 2 rings (SSSR count). The number of benzene rings is 1. The molecule has 0 amide bonds. The lowest BCUT2D eigenvalue weighted by molar-refractivity contribution is 0.416. The van der Waals surface area contributed by atoms with Crippen LogP contribution in [-0.4, -0.2) is 37.3 Å². The van der Waals surface area contributed by atoms with E-state index in [2.05, 4.69) is 19.9 Å². The van der Waals surface area contributed by atoms with Gasteiger partial charge < -0.3 is 10.5 Å². The Morgan fingerprint density at radius 3 is 2.86 bits per heavy atom. The zero-order chi connectivity index (χ0) is 15.3. The molecule has 21 heavy (non-hydrogen) atoms. The molecule has 0 aliphatic rings. The predicted molar refractivity (Wildman–Crippen MR) is 77.3 cm³/mol. The molecule has 0 saturated heterocycles. The van der Waals surface area contributed by atoms with Crippen molar-refractivity contribution in [3.63, 3.8) is 0 Å². The van der Waals surface area contributed by atoms with Crippen molar-refractivity contribution in [2.24, 2.45) is 0 Å². The van der Waals surface area contributed by atoms with Gasteiger partial charge >= 0.3 is 0 Å². The van der Waals surface area contributed by atoms with Crippen molar-refractivity contribution in [1.82, 2.24) is 19.9 Å². The van der Waals surface area contributed by atoms with E-state index in [1.165, 1.54) is 31.6 Å². The first-order valence-corrected chi connectivity index (χ1v) is 7.78. The molecule has 114 valence electrons. The second-order valence-corrected chi connectivity index (χ2v) is 6.10. The third-order valence-corrected chi connectivity index (χ3v) is 4.32. The van der Waals surface area contributed by atoms with Crippen LogP contribution in [0.5, 0.6) is 5.75 Å². The van der Waals surface area contributed by atoms with Crippen LogP contribution < -0.4 is 15.2 Å². The van der Waals surface area contributed by atoms with Gasteiger partial charge in [0.2, 0.25) is 10.0 Å². The van der Waals surface area contributed by atoms with Gasteiger partial charge in [-0.2, -0.15) is 5.10 Å². The number of aromatic amines is 1. The van der Waals surface area contributed by atoms with Gasteiger partial charge in [0.25, 0.3) is 0 Å². The maximum Gasteiger partial charge on any atom is 0.240 e. The molecule has 0 unspecified atom stereocenters. The Bertz CT molecular complexity index is 685. The number of aromatic nitrogens is 3. The third kappa shape index (κ3) is 3.92. The summed E-state index contributed by atoms with van der Waals surface area (Å²) in [5.41, 5.74) is 5.99. The van der Waals surface area contributed by atoms with Gasteiger partial charge in [-0.25, -0.2) is 18.1 Å². The van der Waals surface area contributed by atoms with Crippen molar-refractivity contribution in [3.05, 3.63) is 30.4 Å². The SMILES string of the molecule is COc1ccc(S(=O)(=O)NCCCc2ncn[nH]2)cc1N. The molecule has 4 N–H and O–H groups in total. The molecule has 0 aliphatic carbocycles. The fourth-order valence-electron chi connectivity index (χ4n) is 1.78. The third-order valence-electron chi connectivity index (χ3n) is 2.86. The summed E-state index contributed by atoms with van der Waals surface area (Å²) in [6.45, 7) is 0.301. The van der Waals surface area contributed by atoms with E-state index in [0.29, 0.717) is 25.1 Å². The number of hydrogen-bond donors (Lipinski definition) is 3. The Kier molecular flexibility index (Phi) is 4.76. The monoisotopic (exact) mass is 311 g/mol. The lowest BCUT2D eigenvalue weighted by Crippen LogP contribution is -2.25. The Morgan fingerprint density at radius 2 is 2.24 bits per heavy atom. The number of nitrogens with zero attached hydrogens (tertiary/aromatic N) is 2. The van der Waals surface area contributed by atoms with Crippen LogP contribution >= 0.6 is 0 Å². The minimum absolute atomic E-state index is 0.112. The number of sulfonamides is 1. The fraction of sp³-hybridized carbons (Fsp3) is 0.333. The summed E-state index contributed by atoms with van der Waals surface area (Å²) < 4.78 is 31.7. The van der Waals surface area contributed by atoms with Crippen LogP contribution in [0.4, 0.5) is 5.69 Å². The van der Waals surface area contributed by atoms with Gasteiger partial charge in [-0.1, -0.05) is 0 Å². The number of rotatable bonds is 7. The van der Waals surface area contributed by atoms with Crippen LogP contribution in [0, 0.1) is 0 Å². The molecule has 1 heterocycles. The molecule has 0 spiro atoms. The number of anilines is 1. The van der Waals surface area contributed by atoms with E-state index in [9.17, 15) is 8.42 Å². The summed E-state index contributed by atoms with van der Waals surface area (Å²) in [6, 6.07) is 4.35. The molecule has 8 nitrogen and oxygen atoms in total. The molecular weight excluding hydrogens is 294 g/mol. The average molecular weight is 311 g/mol. The Hall–Kier alpha value is -2.13. The number of H-pyrrole nitrogens is 1. The summed E-state index contributed by atoms with van der Waals surface area (Å²) >= 11 is 0. The van der Waals surface area contributed by atoms with Gasteiger partial charge in [-0.15, -0.1) is 0 Å². The standard InChI is InChI=1S/C12H17N5O3S/c1-20-11-5-4-9(7-10(11)13)21(18,19)16-6-2-3-12-14-8-15-17-12/h4-5,7-8,16H,2-3,6,13H2,1H3,(H,14,15,17). The van der Waals surface area contributed by atoms with E-state index in [4.69, 9.17) is 10.5 Å². The van der Waals surface area contributed by atoms with Gasteiger partial charge in [0, 0.05) is 13.0 Å². The maximum absolute atomic E-state index is 12.1. The zero-order valence-corrected chi connectivity index (χ0v) is 12.4. The lowest BCUT2D eigenvalue weighted by atomic mass is 10.3. The lowest BCUT2D eigenvalue weighted by Gasteiger charge is -2.09. The first-order valence-electron chi connectivity index (χ1n) is 6.30. The fourth-order valence-corrected chi connectivity index (χ4v) is 2.89. The van der Waals surface area contributed by atoms with Crippen LogP contribution in [0.1, 0.15) is 12.2 Å². The Labute approximate surface area is 122 Å². The van der Waals surface area contributed by atoms with Crippen LogP contribution in [0.15, 0.2) is 29.4 Å². The molecule has 0 fully saturated rings. The second-order valence-electron chi connectivity index (χ2n) is 4.34. The number of methoxy groups -OCH3 is 1. The number of aryl methyl sites for hydroxylation is 1. The van der Waals surface area contributed by atoms with Gasteiger partial charge in [0.1, 0.15) is 17.9 Å². The molecule has 0 bridgehead atoms. The first kappa shape index (κ1) is 15.3. The zero-order valence-electron chi connectivity index (χ0n) is 11.5. The maximum atomic E-state index is 12.1. The van der Waals surface area contributed by atoms with Crippen LogP contribution in [0.25, 0.3) is 0 Å². The summed E-state index contributed by atoms with van der Waals surface area (Å²) in [7, 11) is -2.11. The van der Waals surface area contributed by atoms with Crippen molar-refractivity contribution in [2.45, 2.75) is 17.7 Å². The van der Waals surface area contributed by atoms with E-state index < -0.39 is 10.0 Å². The molecule has 0 atom stereocenters. The van der Waals surface area contributed by atoms with Crippen molar-refractivity contribution < 1.29 is 13.2 Å². The molecule has 0 aliphatic heterocycles. The van der Waals surface area contributed by atoms with Crippen molar-refractivity contribution >= 4 is 15.7 Å². The van der Waals surface area contributed by atoms with Crippen molar-refractivity contribution in [3.8, 4) is 5.75 Å². The van der Waals surface area contributed by atoms with Crippen molar-refractivity contribution in [1.29, 1.82) is 0 Å². The van der Waals surface area contributed by atoms with E-state index in [0.717, 1.165) is 5.82 Å². The van der Waals surface area contributed by atoms with E-state index >= 15 is 0 Å². The summed E-state index contributed by atoms with van der Waals surface area (Å²) in [6.07, 6.45) is 2.65. The Balaban J connectivity index is 1.93. The van der Waals surface area contributed by atoms with Crippen LogP contribution in [0.2, 0.25) is 0 Å². The van der Waals surface area contributed by atoms with Gasteiger partial charge in [0.05, 0.1) is 17.7 Å². The summed E-state index contributed by atoms with van der Waals surface area (Å²) in [5.74, 6) is 1.17. The smallest absolute Gasteiger partial charge is 0.240 e. The molecule has 0 saturated carbocycles. The van der Waals surface area contributed by atoms with Crippen LogP contribution in [0.3, 0.4) is 0 Å². The number of nitrogen functional groups attached to an aromatic ring is 1. The van der Waals surface area contributed by atoms with E-state index in [1.807, 2.05) is 0 Å². The van der Waals surface area contributed by atoms with E-state index in [-0.39, 0.29) is 10.6 Å². The predicted octanol–water partition coefficient (Wildman–Crippen LogP) is 0.307. The minimum atomic E-state index is -3.58. The summed E-state index contributed by atoms with van der Waals surface area (Å²) in [5, 5.41) is 6.44. The van der Waals surface area contributed by atoms with Gasteiger partial charge in [-0.05, 0) is 24.6 Å². The molecule has 2 aromatic rings. The topological polar surface area (TPSA) is 123 Å². The summed E-state index contributed by atoms with van der Waals surface area (Å²) in [4.78, 5) is 4.08. The Morgan fingerprint density at radius 1 is 1.43 bits per heavy atom. The number of nitrogens with one attached hydrogen (secondary N) is 2.